The molecule has 196 valence electrons. The second-order valence-corrected chi connectivity index (χ2v) is 17.0. The molecule has 2 aromatic rings. The van der Waals surface area contributed by atoms with Crippen molar-refractivity contribution < 1.29 is 32.7 Å². The van der Waals surface area contributed by atoms with Gasteiger partial charge in [-0.05, 0) is 43.9 Å². The van der Waals surface area contributed by atoms with E-state index in [2.05, 4.69) is 41.5 Å². The first-order chi connectivity index (χ1) is 16.4. The van der Waals surface area contributed by atoms with Crippen molar-refractivity contribution in [3.8, 4) is 11.5 Å². The van der Waals surface area contributed by atoms with E-state index in [-0.39, 0.29) is 27.8 Å². The fraction of sp³-hybridized carbons (Fsp3) is 0.536. The molecule has 0 bridgehead atoms. The van der Waals surface area contributed by atoms with E-state index in [0.717, 1.165) is 5.39 Å². The van der Waals surface area contributed by atoms with Gasteiger partial charge in [0.05, 0.1) is 12.5 Å². The Kier molecular flexibility index (Phi) is 7.09. The van der Waals surface area contributed by atoms with Crippen LogP contribution < -0.4 is 8.85 Å². The highest BCUT2D eigenvalue weighted by molar-refractivity contribution is 6.75. The fourth-order valence-corrected chi connectivity index (χ4v) is 9.45. The predicted molar refractivity (Wildman–Crippen MR) is 141 cm³/mol. The van der Waals surface area contributed by atoms with Gasteiger partial charge in [0.25, 0.3) is 0 Å². The molecular weight excluding hydrogens is 476 g/mol. The van der Waals surface area contributed by atoms with E-state index >= 15 is 0 Å². The van der Waals surface area contributed by atoms with E-state index in [1.807, 2.05) is 18.2 Å². The van der Waals surface area contributed by atoms with Crippen LogP contribution in [0.25, 0.3) is 10.8 Å². The van der Waals surface area contributed by atoms with Crippen LogP contribution in [0.1, 0.15) is 84.7 Å². The molecule has 2 aromatic carbocycles. The molecule has 36 heavy (non-hydrogen) atoms. The Labute approximate surface area is 214 Å². The number of hydrogen-bond donors (Lipinski definition) is 0. The lowest BCUT2D eigenvalue weighted by Crippen LogP contribution is -2.63. The summed E-state index contributed by atoms with van der Waals surface area (Å²) >= 11 is 0. The molecule has 7 nitrogen and oxygen atoms in total. The summed E-state index contributed by atoms with van der Waals surface area (Å²) in [6.07, 6.45) is -0.529. The van der Waals surface area contributed by atoms with E-state index in [1.54, 1.807) is 26.8 Å². The Morgan fingerprint density at radius 3 is 2.06 bits per heavy atom. The molecule has 1 aliphatic heterocycles. The van der Waals surface area contributed by atoms with Crippen LogP contribution in [0, 0.1) is 0 Å². The van der Waals surface area contributed by atoms with Crippen molar-refractivity contribution >= 4 is 37.1 Å². The minimum Gasteiger partial charge on any atom is -0.511 e. The summed E-state index contributed by atoms with van der Waals surface area (Å²) in [7, 11) is -1.78. The van der Waals surface area contributed by atoms with Gasteiger partial charge in [0, 0.05) is 16.5 Å². The molecule has 3 rings (SSSR count). The smallest absolute Gasteiger partial charge is 0.471 e. The highest BCUT2D eigenvalue weighted by Crippen LogP contribution is 2.57. The minimum absolute atomic E-state index is 0.138. The topological polar surface area (TPSA) is 88.1 Å². The number of rotatable bonds is 5. The van der Waals surface area contributed by atoms with Crippen LogP contribution in [0.3, 0.4) is 0 Å². The zero-order valence-corrected chi connectivity index (χ0v) is 24.1. The minimum atomic E-state index is -3.09. The standard InChI is InChI=1S/C28H38O7Si/c1-26(2,3)33-21(30)16-19(29)15-18-14-17-12-11-13-20-22(17)24(23(18)25(31)32-10)35-36(34-20,27(4,5)6)28(7,8)9/h11-14H,15-16H2,1-10H3. The van der Waals surface area contributed by atoms with Crippen molar-refractivity contribution in [2.45, 2.75) is 90.8 Å². The molecule has 0 saturated heterocycles. The first-order valence-corrected chi connectivity index (χ1v) is 14.0. The Morgan fingerprint density at radius 1 is 0.917 bits per heavy atom. The maximum atomic E-state index is 13.2. The van der Waals surface area contributed by atoms with Gasteiger partial charge >= 0.3 is 20.5 Å². The van der Waals surface area contributed by atoms with Crippen LogP contribution in [-0.4, -0.2) is 39.0 Å². The Bertz CT molecular complexity index is 1200. The van der Waals surface area contributed by atoms with Crippen LogP contribution in [0.4, 0.5) is 0 Å². The van der Waals surface area contributed by atoms with Crippen molar-refractivity contribution in [1.82, 2.24) is 0 Å². The van der Waals surface area contributed by atoms with E-state index in [0.29, 0.717) is 22.4 Å². The summed E-state index contributed by atoms with van der Waals surface area (Å²) in [6.45, 7) is 17.7. The summed E-state index contributed by atoms with van der Waals surface area (Å²) in [6, 6.07) is 7.45. The van der Waals surface area contributed by atoms with Gasteiger partial charge in [-0.25, -0.2) is 4.79 Å². The first kappa shape index (κ1) is 27.7. The predicted octanol–water partition coefficient (Wildman–Crippen LogP) is 6.28. The van der Waals surface area contributed by atoms with Crippen LogP contribution in [0.2, 0.25) is 10.1 Å². The maximum Gasteiger partial charge on any atom is 0.471 e. The SMILES string of the molecule is COC(=O)c1c(CC(=O)CC(=O)OC(C)(C)C)cc2cccc3c2c1O[Si](C(C)(C)C)(C(C)(C)C)O3. The van der Waals surface area contributed by atoms with Gasteiger partial charge < -0.3 is 18.3 Å². The Balaban J connectivity index is 2.19. The van der Waals surface area contributed by atoms with Gasteiger partial charge in [-0.15, -0.1) is 0 Å². The molecule has 0 amide bonds. The molecule has 1 aliphatic rings. The van der Waals surface area contributed by atoms with Crippen molar-refractivity contribution in [3.05, 3.63) is 35.4 Å². The Morgan fingerprint density at radius 2 is 1.53 bits per heavy atom. The largest absolute Gasteiger partial charge is 0.511 e. The van der Waals surface area contributed by atoms with E-state index < -0.39 is 32.5 Å². The lowest BCUT2D eigenvalue weighted by molar-refractivity contribution is -0.156. The molecule has 0 N–H and O–H groups in total. The summed E-state index contributed by atoms with van der Waals surface area (Å²) in [5, 5.41) is 0.737. The van der Waals surface area contributed by atoms with Gasteiger partial charge in [-0.2, -0.15) is 0 Å². The highest BCUT2D eigenvalue weighted by Gasteiger charge is 2.64. The second kappa shape index (κ2) is 9.21. The van der Waals surface area contributed by atoms with Crippen molar-refractivity contribution in [2.24, 2.45) is 0 Å². The molecular formula is C28H38O7Si. The van der Waals surface area contributed by atoms with Crippen molar-refractivity contribution in [1.29, 1.82) is 0 Å². The number of Topliss-reactive ketones (excluding diaryl/α,β-unsaturated/α-hetero) is 1. The lowest BCUT2D eigenvalue weighted by Gasteiger charge is -2.50. The van der Waals surface area contributed by atoms with Crippen molar-refractivity contribution in [2.75, 3.05) is 7.11 Å². The zero-order chi connectivity index (χ0) is 27.3. The Hall–Kier alpha value is -2.87. The third-order valence-electron chi connectivity index (χ3n) is 6.18. The molecule has 0 spiro atoms. The summed E-state index contributed by atoms with van der Waals surface area (Å²) < 4.78 is 24.1. The molecule has 0 unspecified atom stereocenters. The fourth-order valence-electron chi connectivity index (χ4n) is 4.96. The molecule has 0 radical (unpaired) electrons. The molecule has 0 aromatic heterocycles. The average molecular weight is 515 g/mol. The second-order valence-electron chi connectivity index (χ2n) is 12.4. The number of ketones is 1. The zero-order valence-electron chi connectivity index (χ0n) is 23.1. The van der Waals surface area contributed by atoms with Gasteiger partial charge in [0.2, 0.25) is 0 Å². The number of esters is 2. The number of methoxy groups -OCH3 is 1. The number of benzene rings is 2. The third kappa shape index (κ3) is 5.14. The molecule has 0 atom stereocenters. The molecule has 8 heteroatoms. The first-order valence-electron chi connectivity index (χ1n) is 12.2. The average Bonchev–Trinajstić information content (AvgIpc) is 2.70. The number of hydrogen-bond acceptors (Lipinski definition) is 7. The van der Waals surface area contributed by atoms with Crippen molar-refractivity contribution in [3.63, 3.8) is 0 Å². The number of ether oxygens (including phenoxy) is 2. The number of carbonyl (C=O) groups excluding carboxylic acids is 3. The van der Waals surface area contributed by atoms with Gasteiger partial charge in [0.15, 0.2) is 0 Å². The van der Waals surface area contributed by atoms with E-state index in [4.69, 9.17) is 18.3 Å². The monoisotopic (exact) mass is 514 g/mol. The lowest BCUT2D eigenvalue weighted by atomic mass is 9.95. The van der Waals surface area contributed by atoms with Gasteiger partial charge in [-0.1, -0.05) is 53.7 Å². The number of carbonyl (C=O) groups is 3. The van der Waals surface area contributed by atoms with Crippen LogP contribution in [0.15, 0.2) is 24.3 Å². The normalized spacial score (nSPS) is 15.1. The highest BCUT2D eigenvalue weighted by atomic mass is 28.4. The maximum absolute atomic E-state index is 13.2. The van der Waals surface area contributed by atoms with E-state index in [1.165, 1.54) is 7.11 Å². The molecule has 0 saturated carbocycles. The summed E-state index contributed by atoms with van der Waals surface area (Å²) in [4.78, 5) is 38.3. The quantitative estimate of drug-likeness (QED) is 0.263. The van der Waals surface area contributed by atoms with E-state index in [9.17, 15) is 14.4 Å². The molecule has 0 aliphatic carbocycles. The molecule has 0 fully saturated rings. The van der Waals surface area contributed by atoms with Gasteiger partial charge in [-0.3, -0.25) is 9.59 Å². The third-order valence-corrected chi connectivity index (χ3v) is 11.1. The van der Waals surface area contributed by atoms with Crippen LogP contribution in [0.5, 0.6) is 11.5 Å². The van der Waals surface area contributed by atoms with Crippen LogP contribution in [-0.2, 0) is 25.5 Å². The summed E-state index contributed by atoms with van der Waals surface area (Å²) in [5.74, 6) is -0.526. The van der Waals surface area contributed by atoms with Crippen LogP contribution >= 0.6 is 0 Å². The van der Waals surface area contributed by atoms with Gasteiger partial charge in [0.1, 0.15) is 34.9 Å². The molecule has 1 heterocycles. The summed E-state index contributed by atoms with van der Waals surface area (Å²) in [5.41, 5.74) is -0.0499.